The molecular formula is C22H21F2N3O2. The molecule has 0 radical (unpaired) electrons. The van der Waals surface area contributed by atoms with E-state index in [9.17, 15) is 13.6 Å². The molecule has 0 aliphatic heterocycles. The highest BCUT2D eigenvalue weighted by molar-refractivity contribution is 6.04. The number of para-hydroxylation sites is 1. The van der Waals surface area contributed by atoms with Crippen LogP contribution < -0.4 is 10.1 Å². The molecule has 4 rings (SSSR count). The van der Waals surface area contributed by atoms with Gasteiger partial charge in [0.25, 0.3) is 5.91 Å². The molecule has 1 heterocycles. The molecule has 5 nitrogen and oxygen atoms in total. The van der Waals surface area contributed by atoms with Crippen molar-refractivity contribution in [2.75, 3.05) is 11.9 Å². The molecule has 1 aliphatic rings. The Hall–Kier alpha value is -3.22. The molecule has 29 heavy (non-hydrogen) atoms. The first-order valence-electron chi connectivity index (χ1n) is 9.59. The SMILES string of the molecule is O=C(Nc1ccn(Cc2ccccc2OCC2CCC2)n1)c1c(F)cccc1F. The summed E-state index contributed by atoms with van der Waals surface area (Å²) < 4.78 is 35.1. The van der Waals surface area contributed by atoms with Crippen molar-refractivity contribution < 1.29 is 18.3 Å². The summed E-state index contributed by atoms with van der Waals surface area (Å²) in [4.78, 5) is 12.2. The van der Waals surface area contributed by atoms with E-state index in [4.69, 9.17) is 4.74 Å². The van der Waals surface area contributed by atoms with E-state index < -0.39 is 23.1 Å². The zero-order valence-electron chi connectivity index (χ0n) is 15.8. The third-order valence-corrected chi connectivity index (χ3v) is 5.08. The van der Waals surface area contributed by atoms with Crippen LogP contribution in [0.3, 0.4) is 0 Å². The number of nitrogens with zero attached hydrogens (tertiary/aromatic N) is 2. The highest BCUT2D eigenvalue weighted by Crippen LogP contribution is 2.28. The van der Waals surface area contributed by atoms with E-state index in [0.717, 1.165) is 23.4 Å². The first-order chi connectivity index (χ1) is 14.1. The molecule has 1 aromatic heterocycles. The summed E-state index contributed by atoms with van der Waals surface area (Å²) in [5.74, 6) is -1.05. The zero-order valence-corrected chi connectivity index (χ0v) is 15.8. The van der Waals surface area contributed by atoms with E-state index in [1.165, 1.54) is 25.3 Å². The summed E-state index contributed by atoms with van der Waals surface area (Å²) >= 11 is 0. The molecule has 2 aromatic carbocycles. The largest absolute Gasteiger partial charge is 0.493 e. The number of carbonyl (C=O) groups excluding carboxylic acids is 1. The van der Waals surface area contributed by atoms with E-state index in [0.29, 0.717) is 19.1 Å². The van der Waals surface area contributed by atoms with E-state index in [-0.39, 0.29) is 5.82 Å². The molecule has 3 aromatic rings. The number of halogens is 2. The van der Waals surface area contributed by atoms with Crippen molar-refractivity contribution in [2.45, 2.75) is 25.8 Å². The summed E-state index contributed by atoms with van der Waals surface area (Å²) in [7, 11) is 0. The molecule has 1 aliphatic carbocycles. The molecule has 1 fully saturated rings. The number of benzene rings is 2. The van der Waals surface area contributed by atoms with Gasteiger partial charge in [0.2, 0.25) is 0 Å². The third-order valence-electron chi connectivity index (χ3n) is 5.08. The monoisotopic (exact) mass is 397 g/mol. The van der Waals surface area contributed by atoms with Gasteiger partial charge in [-0.25, -0.2) is 8.78 Å². The molecule has 7 heteroatoms. The van der Waals surface area contributed by atoms with Crippen molar-refractivity contribution in [3.63, 3.8) is 0 Å². The fourth-order valence-electron chi connectivity index (χ4n) is 3.23. The smallest absolute Gasteiger partial charge is 0.262 e. The van der Waals surface area contributed by atoms with Gasteiger partial charge in [-0.2, -0.15) is 5.10 Å². The van der Waals surface area contributed by atoms with Crippen molar-refractivity contribution in [1.29, 1.82) is 0 Å². The molecule has 0 bridgehead atoms. The van der Waals surface area contributed by atoms with Crippen LogP contribution in [0, 0.1) is 17.6 Å². The summed E-state index contributed by atoms with van der Waals surface area (Å²) in [6.07, 6.45) is 5.39. The number of amides is 1. The van der Waals surface area contributed by atoms with E-state index in [1.807, 2.05) is 24.3 Å². The Kier molecular flexibility index (Phi) is 5.55. The third kappa shape index (κ3) is 4.45. The number of aromatic nitrogens is 2. The van der Waals surface area contributed by atoms with Crippen LogP contribution in [0.15, 0.2) is 54.7 Å². The lowest BCUT2D eigenvalue weighted by Crippen LogP contribution is -2.19. The average molecular weight is 397 g/mol. The lowest BCUT2D eigenvalue weighted by Gasteiger charge is -2.25. The lowest BCUT2D eigenvalue weighted by atomic mass is 9.86. The van der Waals surface area contributed by atoms with Gasteiger partial charge in [-0.1, -0.05) is 30.7 Å². The predicted molar refractivity (Wildman–Crippen MR) is 105 cm³/mol. The highest BCUT2D eigenvalue weighted by Gasteiger charge is 2.19. The first-order valence-corrected chi connectivity index (χ1v) is 9.59. The summed E-state index contributed by atoms with van der Waals surface area (Å²) in [6.45, 7) is 1.16. The van der Waals surface area contributed by atoms with Crippen LogP contribution in [-0.2, 0) is 6.54 Å². The number of hydrogen-bond acceptors (Lipinski definition) is 3. The number of nitrogens with one attached hydrogen (secondary N) is 1. The maximum Gasteiger partial charge on any atom is 0.262 e. The van der Waals surface area contributed by atoms with Crippen LogP contribution in [0.1, 0.15) is 35.2 Å². The molecule has 0 atom stereocenters. The Morgan fingerprint density at radius 3 is 2.59 bits per heavy atom. The maximum atomic E-state index is 13.8. The molecule has 1 amide bonds. The van der Waals surface area contributed by atoms with Crippen LogP contribution in [0.2, 0.25) is 0 Å². The Bertz CT molecular complexity index is 995. The molecule has 0 spiro atoms. The Balaban J connectivity index is 1.43. The minimum absolute atomic E-state index is 0.213. The standard InChI is InChI=1S/C22H21F2N3O2/c23-17-8-4-9-18(24)21(17)22(28)25-20-11-12-27(26-20)13-16-7-1-2-10-19(16)29-14-15-5-3-6-15/h1-2,4,7-12,15H,3,5-6,13-14H2,(H,25,26,28). The maximum absolute atomic E-state index is 13.8. The Morgan fingerprint density at radius 2 is 1.86 bits per heavy atom. The van der Waals surface area contributed by atoms with Crippen molar-refractivity contribution in [3.05, 3.63) is 77.5 Å². The van der Waals surface area contributed by atoms with Crippen LogP contribution in [-0.4, -0.2) is 22.3 Å². The highest BCUT2D eigenvalue weighted by atomic mass is 19.1. The lowest BCUT2D eigenvalue weighted by molar-refractivity contribution is 0.101. The second kappa shape index (κ2) is 8.43. The number of hydrogen-bond donors (Lipinski definition) is 1. The molecule has 0 unspecified atom stereocenters. The molecule has 0 saturated heterocycles. The van der Waals surface area contributed by atoms with Gasteiger partial charge < -0.3 is 10.1 Å². The van der Waals surface area contributed by atoms with Gasteiger partial charge in [0.1, 0.15) is 22.9 Å². The fraction of sp³-hybridized carbons (Fsp3) is 0.273. The Labute approximate surface area is 167 Å². The Morgan fingerprint density at radius 1 is 1.10 bits per heavy atom. The molecule has 1 saturated carbocycles. The molecular weight excluding hydrogens is 376 g/mol. The van der Waals surface area contributed by atoms with Gasteiger partial charge in [0, 0.05) is 17.8 Å². The van der Waals surface area contributed by atoms with Gasteiger partial charge in [-0.3, -0.25) is 9.48 Å². The average Bonchev–Trinajstić information content (AvgIpc) is 3.08. The van der Waals surface area contributed by atoms with Crippen LogP contribution >= 0.6 is 0 Å². The number of carbonyl (C=O) groups is 1. The molecule has 150 valence electrons. The number of ether oxygens (including phenoxy) is 1. The molecule has 1 N–H and O–H groups in total. The van der Waals surface area contributed by atoms with Gasteiger partial charge >= 0.3 is 0 Å². The van der Waals surface area contributed by atoms with Crippen LogP contribution in [0.5, 0.6) is 5.75 Å². The zero-order chi connectivity index (χ0) is 20.2. The predicted octanol–water partition coefficient (Wildman–Crippen LogP) is 4.64. The first kappa shape index (κ1) is 19.1. The van der Waals surface area contributed by atoms with Gasteiger partial charge in [-0.15, -0.1) is 0 Å². The van der Waals surface area contributed by atoms with Crippen LogP contribution in [0.25, 0.3) is 0 Å². The van der Waals surface area contributed by atoms with Crippen LogP contribution in [0.4, 0.5) is 14.6 Å². The van der Waals surface area contributed by atoms with Crippen molar-refractivity contribution in [1.82, 2.24) is 9.78 Å². The van der Waals surface area contributed by atoms with Crippen molar-refractivity contribution in [3.8, 4) is 5.75 Å². The summed E-state index contributed by atoms with van der Waals surface area (Å²) in [5.41, 5.74) is 0.338. The minimum atomic E-state index is -0.917. The van der Waals surface area contributed by atoms with Gasteiger partial charge in [0.15, 0.2) is 5.82 Å². The summed E-state index contributed by atoms with van der Waals surface area (Å²) in [5, 5.41) is 6.71. The second-order valence-corrected chi connectivity index (χ2v) is 7.16. The van der Waals surface area contributed by atoms with E-state index in [2.05, 4.69) is 10.4 Å². The van der Waals surface area contributed by atoms with E-state index >= 15 is 0 Å². The van der Waals surface area contributed by atoms with Crippen molar-refractivity contribution in [2.24, 2.45) is 5.92 Å². The van der Waals surface area contributed by atoms with Gasteiger partial charge in [-0.05, 0) is 37.0 Å². The summed E-state index contributed by atoms with van der Waals surface area (Å²) in [6, 6.07) is 12.6. The van der Waals surface area contributed by atoms with Gasteiger partial charge in [0.05, 0.1) is 13.2 Å². The minimum Gasteiger partial charge on any atom is -0.493 e. The fourth-order valence-corrected chi connectivity index (χ4v) is 3.23. The number of rotatable bonds is 7. The normalized spacial score (nSPS) is 13.7. The number of anilines is 1. The quantitative estimate of drug-likeness (QED) is 0.632. The topological polar surface area (TPSA) is 56.2 Å². The van der Waals surface area contributed by atoms with E-state index in [1.54, 1.807) is 16.9 Å². The second-order valence-electron chi connectivity index (χ2n) is 7.16. The van der Waals surface area contributed by atoms with Crippen molar-refractivity contribution >= 4 is 11.7 Å².